The van der Waals surface area contributed by atoms with E-state index in [1.807, 2.05) is 0 Å². The van der Waals surface area contributed by atoms with Crippen LogP contribution in [-0.4, -0.2) is 19.7 Å². The number of esters is 1. The average Bonchev–Trinajstić information content (AvgIpc) is 2.56. The molecule has 1 aromatic rings. The highest BCUT2D eigenvalue weighted by Crippen LogP contribution is 2.13. The van der Waals surface area contributed by atoms with Crippen molar-refractivity contribution in [3.8, 4) is 5.75 Å². The zero-order valence-corrected chi connectivity index (χ0v) is 13.8. The van der Waals surface area contributed by atoms with Crippen LogP contribution >= 0.6 is 0 Å². The minimum absolute atomic E-state index is 0.323. The Labute approximate surface area is 134 Å². The molecule has 1 aromatic carbocycles. The zero-order chi connectivity index (χ0) is 16.0. The highest BCUT2D eigenvalue weighted by atomic mass is 16.5. The third-order valence-electron chi connectivity index (χ3n) is 3.45. The van der Waals surface area contributed by atoms with Crippen LogP contribution in [0.15, 0.2) is 36.4 Å². The number of carbonyl (C=O) groups is 1. The average molecular weight is 304 g/mol. The highest BCUT2D eigenvalue weighted by molar-refractivity contribution is 5.89. The molecule has 0 radical (unpaired) electrons. The molecule has 0 saturated heterocycles. The van der Waals surface area contributed by atoms with Gasteiger partial charge in [0.05, 0.1) is 19.3 Å². The fourth-order valence-corrected chi connectivity index (χ4v) is 2.12. The minimum Gasteiger partial charge on any atom is -0.494 e. The monoisotopic (exact) mass is 304 g/mol. The fourth-order valence-electron chi connectivity index (χ4n) is 2.12. The lowest BCUT2D eigenvalue weighted by atomic mass is 10.1. The van der Waals surface area contributed by atoms with Gasteiger partial charge in [-0.05, 0) is 49.9 Å². The number of ether oxygens (including phenoxy) is 2. The SMILES string of the molecule is CCCCCCC=CCCCOc1ccc(C(=O)OC)cc1. The van der Waals surface area contributed by atoms with Crippen molar-refractivity contribution in [1.29, 1.82) is 0 Å². The summed E-state index contributed by atoms with van der Waals surface area (Å²) in [6.45, 7) is 2.93. The Balaban J connectivity index is 2.09. The molecule has 0 fully saturated rings. The molecule has 1 rings (SSSR count). The molecule has 0 heterocycles. The largest absolute Gasteiger partial charge is 0.494 e. The lowest BCUT2D eigenvalue weighted by molar-refractivity contribution is 0.0600. The number of hydrogen-bond donors (Lipinski definition) is 0. The molecule has 0 spiro atoms. The number of unbranched alkanes of at least 4 members (excludes halogenated alkanes) is 5. The molecule has 0 saturated carbocycles. The van der Waals surface area contributed by atoms with E-state index >= 15 is 0 Å². The summed E-state index contributed by atoms with van der Waals surface area (Å²) in [4.78, 5) is 11.3. The first-order valence-corrected chi connectivity index (χ1v) is 8.24. The summed E-state index contributed by atoms with van der Waals surface area (Å²) in [5.74, 6) is 0.465. The molecule has 122 valence electrons. The number of rotatable bonds is 11. The van der Waals surface area contributed by atoms with Crippen LogP contribution in [0, 0.1) is 0 Å². The summed E-state index contributed by atoms with van der Waals surface area (Å²) in [6, 6.07) is 7.04. The Hall–Kier alpha value is -1.77. The maximum Gasteiger partial charge on any atom is 0.337 e. The normalized spacial score (nSPS) is 10.8. The Morgan fingerprint density at radius 3 is 2.32 bits per heavy atom. The number of hydrogen-bond acceptors (Lipinski definition) is 3. The Morgan fingerprint density at radius 2 is 1.68 bits per heavy atom. The predicted octanol–water partition coefficient (Wildman–Crippen LogP) is 5.16. The van der Waals surface area contributed by atoms with Crippen molar-refractivity contribution in [3.05, 3.63) is 42.0 Å². The molecule has 22 heavy (non-hydrogen) atoms. The van der Waals surface area contributed by atoms with Crippen LogP contribution in [-0.2, 0) is 4.74 Å². The zero-order valence-electron chi connectivity index (χ0n) is 13.8. The van der Waals surface area contributed by atoms with Crippen molar-refractivity contribution in [2.24, 2.45) is 0 Å². The molecular weight excluding hydrogens is 276 g/mol. The van der Waals surface area contributed by atoms with Gasteiger partial charge in [0, 0.05) is 0 Å². The first kappa shape index (κ1) is 18.3. The van der Waals surface area contributed by atoms with Crippen LogP contribution in [0.4, 0.5) is 0 Å². The molecule has 0 aliphatic rings. The molecule has 0 aliphatic heterocycles. The maximum atomic E-state index is 11.3. The Bertz CT molecular complexity index is 434. The third-order valence-corrected chi connectivity index (χ3v) is 3.45. The molecule has 0 aromatic heterocycles. The Kier molecular flexibility index (Phi) is 9.84. The molecule has 0 N–H and O–H groups in total. The van der Waals surface area contributed by atoms with E-state index in [0.29, 0.717) is 12.2 Å². The van der Waals surface area contributed by atoms with Gasteiger partial charge in [-0.1, -0.05) is 38.3 Å². The molecule has 3 nitrogen and oxygen atoms in total. The lowest BCUT2D eigenvalue weighted by Crippen LogP contribution is -2.01. The summed E-state index contributed by atoms with van der Waals surface area (Å²) < 4.78 is 10.3. The van der Waals surface area contributed by atoms with E-state index in [2.05, 4.69) is 23.8 Å². The number of allylic oxidation sites excluding steroid dienone is 2. The van der Waals surface area contributed by atoms with Gasteiger partial charge in [0.15, 0.2) is 0 Å². The van der Waals surface area contributed by atoms with Gasteiger partial charge in [-0.2, -0.15) is 0 Å². The van der Waals surface area contributed by atoms with Gasteiger partial charge < -0.3 is 9.47 Å². The van der Waals surface area contributed by atoms with Crippen molar-refractivity contribution >= 4 is 5.97 Å². The smallest absolute Gasteiger partial charge is 0.337 e. The summed E-state index contributed by atoms with van der Waals surface area (Å²) in [5, 5.41) is 0. The van der Waals surface area contributed by atoms with Crippen LogP contribution < -0.4 is 4.74 Å². The van der Waals surface area contributed by atoms with E-state index < -0.39 is 0 Å². The van der Waals surface area contributed by atoms with Crippen molar-refractivity contribution in [2.45, 2.75) is 51.9 Å². The first-order chi connectivity index (χ1) is 10.8. The van der Waals surface area contributed by atoms with E-state index in [1.165, 1.54) is 39.2 Å². The van der Waals surface area contributed by atoms with Crippen LogP contribution in [0.5, 0.6) is 5.75 Å². The van der Waals surface area contributed by atoms with Gasteiger partial charge in [0.2, 0.25) is 0 Å². The van der Waals surface area contributed by atoms with Gasteiger partial charge in [-0.3, -0.25) is 0 Å². The van der Waals surface area contributed by atoms with E-state index in [0.717, 1.165) is 18.6 Å². The van der Waals surface area contributed by atoms with E-state index in [-0.39, 0.29) is 5.97 Å². The molecule has 0 bridgehead atoms. The molecule has 3 heteroatoms. The second kappa shape index (κ2) is 11.8. The van der Waals surface area contributed by atoms with Crippen LogP contribution in [0.2, 0.25) is 0 Å². The fraction of sp³-hybridized carbons (Fsp3) is 0.526. The van der Waals surface area contributed by atoms with Gasteiger partial charge >= 0.3 is 5.97 Å². The topological polar surface area (TPSA) is 35.5 Å². The standard InChI is InChI=1S/C19H28O3/c1-3-4-5-6-7-8-9-10-11-16-22-18-14-12-17(13-15-18)19(20)21-2/h8-9,12-15H,3-7,10-11,16H2,1-2H3. The van der Waals surface area contributed by atoms with Crippen LogP contribution in [0.1, 0.15) is 62.2 Å². The van der Waals surface area contributed by atoms with Crippen molar-refractivity contribution < 1.29 is 14.3 Å². The summed E-state index contributed by atoms with van der Waals surface area (Å²) in [7, 11) is 1.38. The van der Waals surface area contributed by atoms with Crippen molar-refractivity contribution in [2.75, 3.05) is 13.7 Å². The van der Waals surface area contributed by atoms with Gasteiger partial charge in [0.1, 0.15) is 5.75 Å². The number of benzene rings is 1. The van der Waals surface area contributed by atoms with E-state index in [1.54, 1.807) is 24.3 Å². The second-order valence-corrected chi connectivity index (χ2v) is 5.33. The number of methoxy groups -OCH3 is 1. The van der Waals surface area contributed by atoms with Crippen molar-refractivity contribution in [1.82, 2.24) is 0 Å². The lowest BCUT2D eigenvalue weighted by Gasteiger charge is -2.05. The number of carbonyl (C=O) groups excluding carboxylic acids is 1. The quantitative estimate of drug-likeness (QED) is 0.322. The maximum absolute atomic E-state index is 11.3. The molecule has 0 aliphatic carbocycles. The summed E-state index contributed by atoms with van der Waals surface area (Å²) in [5.41, 5.74) is 0.542. The van der Waals surface area contributed by atoms with Crippen LogP contribution in [0.3, 0.4) is 0 Å². The summed E-state index contributed by atoms with van der Waals surface area (Å²) >= 11 is 0. The van der Waals surface area contributed by atoms with E-state index in [9.17, 15) is 4.79 Å². The molecule has 0 atom stereocenters. The minimum atomic E-state index is -0.323. The van der Waals surface area contributed by atoms with E-state index in [4.69, 9.17) is 4.74 Å². The molecular formula is C19H28O3. The summed E-state index contributed by atoms with van der Waals surface area (Å²) in [6.07, 6.45) is 13.0. The van der Waals surface area contributed by atoms with Gasteiger partial charge in [0.25, 0.3) is 0 Å². The van der Waals surface area contributed by atoms with Gasteiger partial charge in [-0.15, -0.1) is 0 Å². The van der Waals surface area contributed by atoms with Crippen molar-refractivity contribution in [3.63, 3.8) is 0 Å². The van der Waals surface area contributed by atoms with Gasteiger partial charge in [-0.25, -0.2) is 4.79 Å². The molecule has 0 unspecified atom stereocenters. The predicted molar refractivity (Wildman–Crippen MR) is 90.4 cm³/mol. The Morgan fingerprint density at radius 1 is 1.00 bits per heavy atom. The second-order valence-electron chi connectivity index (χ2n) is 5.33. The van der Waals surface area contributed by atoms with Crippen LogP contribution in [0.25, 0.3) is 0 Å². The third kappa shape index (κ3) is 7.87. The molecule has 0 amide bonds. The highest BCUT2D eigenvalue weighted by Gasteiger charge is 2.04. The first-order valence-electron chi connectivity index (χ1n) is 8.24.